The highest BCUT2D eigenvalue weighted by Gasteiger charge is 2.30. The van der Waals surface area contributed by atoms with E-state index in [-0.39, 0.29) is 18.7 Å². The van der Waals surface area contributed by atoms with Gasteiger partial charge in [-0.3, -0.25) is 4.90 Å². The third kappa shape index (κ3) is 3.23. The largest absolute Gasteiger partial charge is 0.444 e. The Hall–Kier alpha value is -1.03. The molecule has 0 saturated heterocycles. The van der Waals surface area contributed by atoms with Crippen molar-refractivity contribution in [2.45, 2.75) is 45.8 Å². The molecule has 4 nitrogen and oxygen atoms in total. The van der Waals surface area contributed by atoms with Crippen LogP contribution in [0.1, 0.15) is 34.1 Å². The van der Waals surface area contributed by atoms with Gasteiger partial charge in [0.15, 0.2) is 0 Å². The summed E-state index contributed by atoms with van der Waals surface area (Å²) >= 11 is 0. The van der Waals surface area contributed by atoms with Crippen molar-refractivity contribution in [1.82, 2.24) is 4.90 Å². The zero-order chi connectivity index (χ0) is 12.3. The molecule has 1 amide bonds. The first-order chi connectivity index (χ1) is 7.35. The van der Waals surface area contributed by atoms with Gasteiger partial charge in [0, 0.05) is 6.54 Å². The molecule has 4 heteroatoms. The average molecular weight is 227 g/mol. The SMILES string of the molecule is CC1=CCCN(C(=O)OC(C)(C)C)C1CO. The third-order valence-electron chi connectivity index (χ3n) is 2.54. The molecule has 0 aromatic heterocycles. The number of hydrogen-bond acceptors (Lipinski definition) is 3. The lowest BCUT2D eigenvalue weighted by Crippen LogP contribution is -2.47. The summed E-state index contributed by atoms with van der Waals surface area (Å²) in [6, 6.07) is -0.233. The molecule has 0 saturated carbocycles. The fourth-order valence-corrected chi connectivity index (χ4v) is 1.75. The maximum absolute atomic E-state index is 11.9. The van der Waals surface area contributed by atoms with Gasteiger partial charge in [0.2, 0.25) is 0 Å². The van der Waals surface area contributed by atoms with Crippen LogP contribution in [-0.2, 0) is 4.74 Å². The minimum Gasteiger partial charge on any atom is -0.444 e. The molecule has 16 heavy (non-hydrogen) atoms. The molecule has 1 aliphatic rings. The Morgan fingerprint density at radius 3 is 2.75 bits per heavy atom. The lowest BCUT2D eigenvalue weighted by Gasteiger charge is -2.35. The summed E-state index contributed by atoms with van der Waals surface area (Å²) < 4.78 is 5.31. The molecule has 1 N–H and O–H groups in total. The Labute approximate surface area is 96.9 Å². The maximum Gasteiger partial charge on any atom is 0.410 e. The van der Waals surface area contributed by atoms with Gasteiger partial charge in [-0.15, -0.1) is 0 Å². The van der Waals surface area contributed by atoms with Crippen molar-refractivity contribution in [3.63, 3.8) is 0 Å². The van der Waals surface area contributed by atoms with Crippen LogP contribution in [0, 0.1) is 0 Å². The molecule has 0 fully saturated rings. The minimum atomic E-state index is -0.494. The second-order valence-corrected chi connectivity index (χ2v) is 5.11. The standard InChI is InChI=1S/C12H21NO3/c1-9-6-5-7-13(10(9)8-14)11(15)16-12(2,3)4/h6,10,14H,5,7-8H2,1-4H3. The number of nitrogens with zero attached hydrogens (tertiary/aromatic N) is 1. The fraction of sp³-hybridized carbons (Fsp3) is 0.750. The van der Waals surface area contributed by atoms with Crippen molar-refractivity contribution in [1.29, 1.82) is 0 Å². The van der Waals surface area contributed by atoms with Crippen LogP contribution in [0.4, 0.5) is 4.79 Å². The maximum atomic E-state index is 11.9. The number of ether oxygens (including phenoxy) is 1. The minimum absolute atomic E-state index is 0.0540. The summed E-state index contributed by atoms with van der Waals surface area (Å²) in [5, 5.41) is 9.29. The van der Waals surface area contributed by atoms with Gasteiger partial charge in [-0.1, -0.05) is 11.6 Å². The molecule has 0 bridgehead atoms. The monoisotopic (exact) mass is 227 g/mol. The van der Waals surface area contributed by atoms with Crippen molar-refractivity contribution >= 4 is 6.09 Å². The highest BCUT2D eigenvalue weighted by atomic mass is 16.6. The number of rotatable bonds is 1. The van der Waals surface area contributed by atoms with Crippen LogP contribution >= 0.6 is 0 Å². The van der Waals surface area contributed by atoms with Crippen LogP contribution in [0.3, 0.4) is 0 Å². The molecule has 92 valence electrons. The van der Waals surface area contributed by atoms with Crippen molar-refractivity contribution in [3.05, 3.63) is 11.6 Å². The van der Waals surface area contributed by atoms with E-state index in [4.69, 9.17) is 4.74 Å². The normalized spacial score (nSPS) is 21.7. The lowest BCUT2D eigenvalue weighted by atomic mass is 10.0. The molecule has 0 aromatic carbocycles. The van der Waals surface area contributed by atoms with Crippen molar-refractivity contribution in [2.75, 3.05) is 13.2 Å². The number of aliphatic hydroxyl groups is 1. The van der Waals surface area contributed by atoms with Crippen LogP contribution in [0.2, 0.25) is 0 Å². The summed E-state index contributed by atoms with van der Waals surface area (Å²) in [6.07, 6.45) is 2.53. The quantitative estimate of drug-likeness (QED) is 0.696. The van der Waals surface area contributed by atoms with Crippen LogP contribution in [0.25, 0.3) is 0 Å². The highest BCUT2D eigenvalue weighted by Crippen LogP contribution is 2.20. The summed E-state index contributed by atoms with van der Waals surface area (Å²) in [4.78, 5) is 13.5. The second-order valence-electron chi connectivity index (χ2n) is 5.11. The predicted octanol–water partition coefficient (Wildman–Crippen LogP) is 1.93. The first kappa shape index (κ1) is 13.0. The molecule has 0 aromatic rings. The molecule has 0 aliphatic carbocycles. The van der Waals surface area contributed by atoms with E-state index < -0.39 is 5.60 Å². The molecular formula is C12H21NO3. The van der Waals surface area contributed by atoms with Gasteiger partial charge in [0.1, 0.15) is 5.60 Å². The summed E-state index contributed by atoms with van der Waals surface area (Å²) in [5.74, 6) is 0. The van der Waals surface area contributed by atoms with Crippen LogP contribution in [0.5, 0.6) is 0 Å². The second kappa shape index (κ2) is 4.87. The van der Waals surface area contributed by atoms with E-state index >= 15 is 0 Å². The van der Waals surface area contributed by atoms with E-state index in [2.05, 4.69) is 6.08 Å². The van der Waals surface area contributed by atoms with E-state index in [9.17, 15) is 9.90 Å². The average Bonchev–Trinajstić information content (AvgIpc) is 2.14. The van der Waals surface area contributed by atoms with Crippen molar-refractivity contribution in [3.8, 4) is 0 Å². The summed E-state index contributed by atoms with van der Waals surface area (Å²) in [6.45, 7) is 8.00. The van der Waals surface area contributed by atoms with Crippen LogP contribution in [-0.4, -0.2) is 40.9 Å². The number of carbonyl (C=O) groups is 1. The first-order valence-corrected chi connectivity index (χ1v) is 5.62. The number of amides is 1. The molecule has 0 radical (unpaired) electrons. The lowest BCUT2D eigenvalue weighted by molar-refractivity contribution is 0.0125. The Kier molecular flexibility index (Phi) is 3.97. The van der Waals surface area contributed by atoms with Gasteiger partial charge >= 0.3 is 6.09 Å². The Balaban J connectivity index is 2.72. The number of carbonyl (C=O) groups excluding carboxylic acids is 1. The van der Waals surface area contributed by atoms with E-state index in [0.29, 0.717) is 6.54 Å². The van der Waals surface area contributed by atoms with Gasteiger partial charge in [-0.05, 0) is 34.1 Å². The number of hydrogen-bond donors (Lipinski definition) is 1. The predicted molar refractivity (Wildman–Crippen MR) is 62.2 cm³/mol. The smallest absolute Gasteiger partial charge is 0.410 e. The van der Waals surface area contributed by atoms with Gasteiger partial charge in [0.05, 0.1) is 12.6 Å². The van der Waals surface area contributed by atoms with Gasteiger partial charge < -0.3 is 9.84 Å². The summed E-state index contributed by atoms with van der Waals surface area (Å²) in [7, 11) is 0. The molecule has 1 aliphatic heterocycles. The number of aliphatic hydroxyl groups excluding tert-OH is 1. The molecular weight excluding hydrogens is 206 g/mol. The first-order valence-electron chi connectivity index (χ1n) is 5.62. The molecule has 1 atom stereocenters. The van der Waals surface area contributed by atoms with Crippen LogP contribution < -0.4 is 0 Å². The van der Waals surface area contributed by atoms with E-state index in [1.54, 1.807) is 4.90 Å². The molecule has 1 unspecified atom stereocenters. The van der Waals surface area contributed by atoms with E-state index in [1.165, 1.54) is 0 Å². The Morgan fingerprint density at radius 1 is 1.62 bits per heavy atom. The molecule has 1 heterocycles. The van der Waals surface area contributed by atoms with Gasteiger partial charge in [-0.2, -0.15) is 0 Å². The van der Waals surface area contributed by atoms with Crippen molar-refractivity contribution in [2.24, 2.45) is 0 Å². The van der Waals surface area contributed by atoms with Crippen molar-refractivity contribution < 1.29 is 14.6 Å². The zero-order valence-corrected chi connectivity index (χ0v) is 10.5. The van der Waals surface area contributed by atoms with E-state index in [1.807, 2.05) is 27.7 Å². The van der Waals surface area contributed by atoms with Gasteiger partial charge in [-0.25, -0.2) is 4.79 Å². The van der Waals surface area contributed by atoms with E-state index in [0.717, 1.165) is 12.0 Å². The van der Waals surface area contributed by atoms with Gasteiger partial charge in [0.25, 0.3) is 0 Å². The molecule has 1 rings (SSSR count). The fourth-order valence-electron chi connectivity index (χ4n) is 1.75. The third-order valence-corrected chi connectivity index (χ3v) is 2.54. The Bertz CT molecular complexity index is 291. The Morgan fingerprint density at radius 2 is 2.25 bits per heavy atom. The topological polar surface area (TPSA) is 49.8 Å². The molecule has 0 spiro atoms. The highest BCUT2D eigenvalue weighted by molar-refractivity contribution is 5.69. The summed E-state index contributed by atoms with van der Waals surface area (Å²) in [5.41, 5.74) is 0.534. The zero-order valence-electron chi connectivity index (χ0n) is 10.5. The van der Waals surface area contributed by atoms with Crippen LogP contribution in [0.15, 0.2) is 11.6 Å².